The molecule has 2 fully saturated rings. The monoisotopic (exact) mass is 447 g/mol. The second kappa shape index (κ2) is 8.48. The summed E-state index contributed by atoms with van der Waals surface area (Å²) in [6.45, 7) is 2.97. The van der Waals surface area contributed by atoms with Crippen LogP contribution in [0.3, 0.4) is 0 Å². The average Bonchev–Trinajstić information content (AvgIpc) is 3.22. The molecule has 0 bridgehead atoms. The van der Waals surface area contributed by atoms with Crippen LogP contribution in [0.15, 0.2) is 23.1 Å². The van der Waals surface area contributed by atoms with Gasteiger partial charge in [-0.15, -0.1) is 0 Å². The van der Waals surface area contributed by atoms with E-state index < -0.39 is 10.0 Å². The lowest BCUT2D eigenvalue weighted by atomic mass is 9.95. The van der Waals surface area contributed by atoms with E-state index in [1.807, 2.05) is 14.0 Å². The third-order valence-electron chi connectivity index (χ3n) is 6.22. The Kier molecular flexibility index (Phi) is 6.61. The summed E-state index contributed by atoms with van der Waals surface area (Å²) < 4.78 is 27.7. The molecule has 0 spiro atoms. The van der Waals surface area contributed by atoms with E-state index in [4.69, 9.17) is 28.9 Å². The van der Waals surface area contributed by atoms with E-state index in [0.29, 0.717) is 30.5 Å². The van der Waals surface area contributed by atoms with Gasteiger partial charge in [-0.3, -0.25) is 9.69 Å². The van der Waals surface area contributed by atoms with Crippen LogP contribution in [0.25, 0.3) is 0 Å². The summed E-state index contributed by atoms with van der Waals surface area (Å²) in [5.74, 6) is 0.174. The van der Waals surface area contributed by atoms with E-state index >= 15 is 0 Å². The van der Waals surface area contributed by atoms with E-state index in [1.165, 1.54) is 18.2 Å². The number of nitrogens with two attached hydrogens (primary N) is 1. The first-order chi connectivity index (χ1) is 13.2. The van der Waals surface area contributed by atoms with Gasteiger partial charge in [0.1, 0.15) is 0 Å². The van der Waals surface area contributed by atoms with Crippen molar-refractivity contribution in [1.29, 1.82) is 0 Å². The van der Waals surface area contributed by atoms with E-state index in [9.17, 15) is 13.2 Å². The Labute approximate surface area is 177 Å². The molecule has 1 saturated carbocycles. The first-order valence-electron chi connectivity index (χ1n) is 9.63. The van der Waals surface area contributed by atoms with Gasteiger partial charge < -0.3 is 5.73 Å². The van der Waals surface area contributed by atoms with Gasteiger partial charge in [0.15, 0.2) is 0 Å². The molecule has 1 aromatic rings. The van der Waals surface area contributed by atoms with Crippen LogP contribution in [0.4, 0.5) is 0 Å². The van der Waals surface area contributed by atoms with Gasteiger partial charge in [-0.25, -0.2) is 8.42 Å². The molecule has 1 aliphatic carbocycles. The molecule has 1 aliphatic heterocycles. The summed E-state index contributed by atoms with van der Waals surface area (Å²) in [5.41, 5.74) is 5.62. The minimum atomic E-state index is -3.64. The topological polar surface area (TPSA) is 83.7 Å². The highest BCUT2D eigenvalue weighted by atomic mass is 35.5. The fraction of sp³-hybridized carbons (Fsp3) is 0.632. The van der Waals surface area contributed by atoms with Crippen LogP contribution in [0.1, 0.15) is 32.6 Å². The molecule has 2 N–H and O–H groups in total. The summed E-state index contributed by atoms with van der Waals surface area (Å²) in [7, 11) is -1.70. The van der Waals surface area contributed by atoms with Gasteiger partial charge in [-0.05, 0) is 56.3 Å². The highest BCUT2D eigenvalue weighted by molar-refractivity contribution is 7.89. The molecule has 0 aromatic heterocycles. The van der Waals surface area contributed by atoms with Crippen molar-refractivity contribution >= 4 is 39.1 Å². The van der Waals surface area contributed by atoms with E-state index in [2.05, 4.69) is 4.90 Å². The van der Waals surface area contributed by atoms with Gasteiger partial charge in [0.05, 0.1) is 21.0 Å². The Morgan fingerprint density at radius 2 is 2.00 bits per heavy atom. The molecular formula is C19H27Cl2N3O3S. The molecule has 1 aromatic carbocycles. The van der Waals surface area contributed by atoms with E-state index in [0.717, 1.165) is 19.3 Å². The van der Waals surface area contributed by atoms with Crippen molar-refractivity contribution in [3.05, 3.63) is 28.2 Å². The summed E-state index contributed by atoms with van der Waals surface area (Å²) in [5, 5.41) is 0.553. The molecule has 156 valence electrons. The van der Waals surface area contributed by atoms with Crippen LogP contribution < -0.4 is 5.73 Å². The molecule has 0 unspecified atom stereocenters. The minimum Gasteiger partial charge on any atom is -0.368 e. The summed E-state index contributed by atoms with van der Waals surface area (Å²) in [6.07, 6.45) is 3.49. The Hall–Kier alpha value is -0.860. The van der Waals surface area contributed by atoms with Crippen LogP contribution in [0, 0.1) is 11.8 Å². The number of benzene rings is 1. The van der Waals surface area contributed by atoms with Gasteiger partial charge in [-0.2, -0.15) is 4.31 Å². The Bertz CT molecular complexity index is 849. The Morgan fingerprint density at radius 3 is 2.61 bits per heavy atom. The molecular weight excluding hydrogens is 421 g/mol. The number of rotatable bonds is 7. The van der Waals surface area contributed by atoms with Gasteiger partial charge in [0, 0.05) is 19.1 Å². The number of sulfonamides is 1. The molecule has 2 aliphatic rings. The van der Waals surface area contributed by atoms with Crippen LogP contribution in [0.5, 0.6) is 0 Å². The lowest BCUT2D eigenvalue weighted by molar-refractivity contribution is -0.124. The van der Waals surface area contributed by atoms with Gasteiger partial charge in [-0.1, -0.05) is 36.5 Å². The van der Waals surface area contributed by atoms with Crippen molar-refractivity contribution in [3.8, 4) is 0 Å². The molecule has 0 radical (unpaired) electrons. The molecule has 1 amide bonds. The zero-order valence-electron chi connectivity index (χ0n) is 16.1. The highest BCUT2D eigenvalue weighted by Gasteiger charge is 2.48. The lowest BCUT2D eigenvalue weighted by Crippen LogP contribution is -2.49. The van der Waals surface area contributed by atoms with Gasteiger partial charge in [0.25, 0.3) is 0 Å². The first-order valence-corrected chi connectivity index (χ1v) is 11.8. The molecule has 9 heteroatoms. The van der Waals surface area contributed by atoms with Crippen molar-refractivity contribution in [2.24, 2.45) is 17.6 Å². The lowest BCUT2D eigenvalue weighted by Gasteiger charge is -2.34. The van der Waals surface area contributed by atoms with Gasteiger partial charge >= 0.3 is 0 Å². The number of primary amides is 1. The van der Waals surface area contributed by atoms with Gasteiger partial charge in [0.2, 0.25) is 15.9 Å². The second-order valence-corrected chi connectivity index (χ2v) is 10.6. The largest absolute Gasteiger partial charge is 0.368 e. The highest BCUT2D eigenvalue weighted by Crippen LogP contribution is 2.43. The van der Waals surface area contributed by atoms with Crippen molar-refractivity contribution in [2.45, 2.75) is 49.6 Å². The van der Waals surface area contributed by atoms with Crippen LogP contribution in [-0.2, 0) is 14.8 Å². The summed E-state index contributed by atoms with van der Waals surface area (Å²) >= 11 is 11.9. The number of hydrogen-bond acceptors (Lipinski definition) is 4. The van der Waals surface area contributed by atoms with Crippen molar-refractivity contribution in [1.82, 2.24) is 9.21 Å². The predicted octanol–water partition coefficient (Wildman–Crippen LogP) is 2.98. The van der Waals surface area contributed by atoms with Crippen LogP contribution >= 0.6 is 23.2 Å². The van der Waals surface area contributed by atoms with Crippen molar-refractivity contribution in [3.63, 3.8) is 0 Å². The maximum absolute atomic E-state index is 13.1. The molecule has 4 atom stereocenters. The normalized spacial score (nSPS) is 26.5. The number of hydrogen-bond donors (Lipinski definition) is 1. The fourth-order valence-corrected chi connectivity index (χ4v) is 6.66. The number of likely N-dealkylation sites (N-methyl/N-ethyl adjacent to an activating group) is 1. The molecule has 1 heterocycles. The SMILES string of the molecule is CCC[C@@H](C(N)=O)N(C)[C@H]1CC[C@@H]2CN(S(=O)(=O)c3ccc(Cl)c(Cl)c3)C[C@@H]21. The number of nitrogens with zero attached hydrogens (tertiary/aromatic N) is 2. The number of amides is 1. The van der Waals surface area contributed by atoms with Crippen LogP contribution in [0.2, 0.25) is 10.0 Å². The average molecular weight is 448 g/mol. The zero-order chi connectivity index (χ0) is 20.6. The Morgan fingerprint density at radius 1 is 1.29 bits per heavy atom. The maximum atomic E-state index is 13.1. The third-order valence-corrected chi connectivity index (χ3v) is 8.79. The Balaban J connectivity index is 1.78. The molecule has 6 nitrogen and oxygen atoms in total. The molecule has 28 heavy (non-hydrogen) atoms. The third kappa shape index (κ3) is 4.05. The van der Waals surface area contributed by atoms with E-state index in [1.54, 1.807) is 4.31 Å². The van der Waals surface area contributed by atoms with Crippen molar-refractivity contribution in [2.75, 3.05) is 20.1 Å². The fourth-order valence-electron chi connectivity index (χ4n) is 4.74. The number of halogens is 2. The van der Waals surface area contributed by atoms with Crippen molar-refractivity contribution < 1.29 is 13.2 Å². The number of carbonyl (C=O) groups is 1. The molecule has 1 saturated heterocycles. The molecule has 3 rings (SSSR count). The smallest absolute Gasteiger partial charge is 0.243 e. The maximum Gasteiger partial charge on any atom is 0.243 e. The zero-order valence-corrected chi connectivity index (χ0v) is 18.5. The number of carbonyl (C=O) groups excluding carboxylic acids is 1. The summed E-state index contributed by atoms with van der Waals surface area (Å²) in [4.78, 5) is 14.1. The van der Waals surface area contributed by atoms with Crippen LogP contribution in [-0.4, -0.2) is 55.8 Å². The number of fused-ring (bicyclic) bond motifs is 1. The second-order valence-electron chi connectivity index (χ2n) is 7.84. The standard InChI is InChI=1S/C19H27Cl2N3O3S/c1-3-4-18(19(22)25)23(2)17-8-5-12-10-24(11-14(12)17)28(26,27)13-6-7-15(20)16(21)9-13/h6-7,9,12,14,17-18H,3-5,8,10-11H2,1-2H3,(H2,22,25)/t12-,14+,17+,18+/m1/s1. The first kappa shape index (κ1) is 21.8. The van der Waals surface area contributed by atoms with E-state index in [-0.39, 0.29) is 33.8 Å². The quantitative estimate of drug-likeness (QED) is 0.695. The summed E-state index contributed by atoms with van der Waals surface area (Å²) in [6, 6.07) is 4.25. The minimum absolute atomic E-state index is 0.156. The predicted molar refractivity (Wildman–Crippen MR) is 111 cm³/mol.